The molecule has 2 fully saturated rings. The van der Waals surface area contributed by atoms with Crippen molar-refractivity contribution in [2.24, 2.45) is 0 Å². The summed E-state index contributed by atoms with van der Waals surface area (Å²) in [6.07, 6.45) is 4.60. The Morgan fingerprint density at radius 2 is 1.88 bits per heavy atom. The molecule has 2 saturated heterocycles. The number of rotatable bonds is 4. The number of cyclic esters (lactones) is 1. The van der Waals surface area contributed by atoms with Gasteiger partial charge in [0.2, 0.25) is 5.91 Å². The smallest absolute Gasteiger partial charge is 0.334 e. The van der Waals surface area contributed by atoms with Gasteiger partial charge in [-0.2, -0.15) is 0 Å². The van der Waals surface area contributed by atoms with Gasteiger partial charge in [-0.1, -0.05) is 30.3 Å². The molecule has 0 unspecified atom stereocenters. The van der Waals surface area contributed by atoms with Crippen LogP contribution in [0.5, 0.6) is 0 Å². The predicted molar refractivity (Wildman–Crippen MR) is 91.5 cm³/mol. The fourth-order valence-corrected chi connectivity index (χ4v) is 4.24. The number of esters is 1. The number of benzene rings is 1. The highest BCUT2D eigenvalue weighted by atomic mass is 16.5. The van der Waals surface area contributed by atoms with Gasteiger partial charge in [-0.15, -0.1) is 0 Å². The molecule has 0 bridgehead atoms. The SMILES string of the molecule is CC1=C[C@@H]([C@@H]2CC[C@H]3[C@H](OCc4ccccc4)CCC(=O)N23)OC1=O. The molecule has 4 rings (SSSR count). The first-order chi connectivity index (χ1) is 12.1. The first-order valence-electron chi connectivity index (χ1n) is 8.99. The lowest BCUT2D eigenvalue weighted by atomic mass is 9.98. The van der Waals surface area contributed by atoms with Crippen LogP contribution in [0.2, 0.25) is 0 Å². The summed E-state index contributed by atoms with van der Waals surface area (Å²) in [5, 5.41) is 0. The van der Waals surface area contributed by atoms with Gasteiger partial charge in [0.05, 0.1) is 24.8 Å². The van der Waals surface area contributed by atoms with Crippen LogP contribution in [-0.4, -0.2) is 41.1 Å². The van der Waals surface area contributed by atoms with Gasteiger partial charge in [0.25, 0.3) is 0 Å². The van der Waals surface area contributed by atoms with E-state index in [1.807, 2.05) is 29.2 Å². The molecule has 0 saturated carbocycles. The van der Waals surface area contributed by atoms with Crippen molar-refractivity contribution in [2.45, 2.75) is 63.5 Å². The van der Waals surface area contributed by atoms with E-state index in [4.69, 9.17) is 9.47 Å². The Labute approximate surface area is 147 Å². The van der Waals surface area contributed by atoms with E-state index in [1.165, 1.54) is 0 Å². The molecule has 0 spiro atoms. The number of hydrogen-bond donors (Lipinski definition) is 0. The third kappa shape index (κ3) is 3.09. The van der Waals surface area contributed by atoms with Crippen LogP contribution in [0, 0.1) is 0 Å². The standard InChI is InChI=1S/C20H23NO4/c1-13-11-18(25-20(13)23)16-8-7-15-17(9-10-19(22)21(15)16)24-12-14-5-3-2-4-6-14/h2-6,11,15-18H,7-10,12H2,1H3/t15-,16-,17+,18-/m0/s1. The zero-order chi connectivity index (χ0) is 17.4. The van der Waals surface area contributed by atoms with Crippen molar-refractivity contribution in [3.63, 3.8) is 0 Å². The summed E-state index contributed by atoms with van der Waals surface area (Å²) in [4.78, 5) is 26.2. The van der Waals surface area contributed by atoms with E-state index < -0.39 is 0 Å². The van der Waals surface area contributed by atoms with Crippen LogP contribution in [0.4, 0.5) is 0 Å². The van der Waals surface area contributed by atoms with Crippen molar-refractivity contribution < 1.29 is 19.1 Å². The molecule has 4 atom stereocenters. The summed E-state index contributed by atoms with van der Waals surface area (Å²) < 4.78 is 11.6. The van der Waals surface area contributed by atoms with Gasteiger partial charge in [-0.05, 0) is 37.8 Å². The number of fused-ring (bicyclic) bond motifs is 1. The second-order valence-corrected chi connectivity index (χ2v) is 7.11. The Hall–Kier alpha value is -2.14. The van der Waals surface area contributed by atoms with Crippen molar-refractivity contribution in [2.75, 3.05) is 0 Å². The van der Waals surface area contributed by atoms with E-state index in [1.54, 1.807) is 6.92 Å². The van der Waals surface area contributed by atoms with Crippen LogP contribution < -0.4 is 0 Å². The molecule has 3 aliphatic rings. The molecule has 132 valence electrons. The Morgan fingerprint density at radius 1 is 1.12 bits per heavy atom. The van der Waals surface area contributed by atoms with Gasteiger partial charge >= 0.3 is 5.97 Å². The average Bonchev–Trinajstić information content (AvgIpc) is 3.20. The fraction of sp³-hybridized carbons (Fsp3) is 0.500. The number of hydrogen-bond acceptors (Lipinski definition) is 4. The molecule has 5 nitrogen and oxygen atoms in total. The van der Waals surface area contributed by atoms with E-state index >= 15 is 0 Å². The second-order valence-electron chi connectivity index (χ2n) is 7.11. The number of piperidine rings is 1. The van der Waals surface area contributed by atoms with Gasteiger partial charge in [-0.3, -0.25) is 4.79 Å². The number of carbonyl (C=O) groups excluding carboxylic acids is 2. The lowest BCUT2D eigenvalue weighted by Crippen LogP contribution is -2.54. The molecule has 3 aliphatic heterocycles. The maximum atomic E-state index is 12.5. The van der Waals surface area contributed by atoms with Crippen LogP contribution in [-0.2, 0) is 25.7 Å². The minimum atomic E-state index is -0.311. The maximum Gasteiger partial charge on any atom is 0.334 e. The summed E-state index contributed by atoms with van der Waals surface area (Å²) in [7, 11) is 0. The number of amides is 1. The normalized spacial score (nSPS) is 31.7. The molecule has 0 aliphatic carbocycles. The van der Waals surface area contributed by atoms with E-state index in [9.17, 15) is 9.59 Å². The first-order valence-corrected chi connectivity index (χ1v) is 8.99. The van der Waals surface area contributed by atoms with Crippen LogP contribution in [0.25, 0.3) is 0 Å². The Kier molecular flexibility index (Phi) is 4.34. The monoisotopic (exact) mass is 341 g/mol. The molecule has 1 aromatic carbocycles. The highest BCUT2D eigenvalue weighted by Crippen LogP contribution is 2.38. The van der Waals surface area contributed by atoms with Crippen molar-refractivity contribution in [3.8, 4) is 0 Å². The van der Waals surface area contributed by atoms with Gasteiger partial charge in [0, 0.05) is 12.0 Å². The van der Waals surface area contributed by atoms with E-state index in [0.29, 0.717) is 18.6 Å². The van der Waals surface area contributed by atoms with Crippen LogP contribution in [0.1, 0.15) is 38.2 Å². The minimum Gasteiger partial charge on any atom is -0.453 e. The number of ether oxygens (including phenoxy) is 2. The third-order valence-corrected chi connectivity index (χ3v) is 5.50. The van der Waals surface area contributed by atoms with Crippen molar-refractivity contribution >= 4 is 11.9 Å². The second kappa shape index (κ2) is 6.64. The molecule has 0 aromatic heterocycles. The molecular formula is C20H23NO4. The molecule has 1 aromatic rings. The van der Waals surface area contributed by atoms with Crippen LogP contribution >= 0.6 is 0 Å². The molecule has 0 N–H and O–H groups in total. The summed E-state index contributed by atoms with van der Waals surface area (Å²) >= 11 is 0. The summed E-state index contributed by atoms with van der Waals surface area (Å²) in [5.41, 5.74) is 1.78. The van der Waals surface area contributed by atoms with Crippen molar-refractivity contribution in [1.29, 1.82) is 0 Å². The zero-order valence-electron chi connectivity index (χ0n) is 14.4. The predicted octanol–water partition coefficient (Wildman–Crippen LogP) is 2.60. The number of nitrogens with zero attached hydrogens (tertiary/aromatic N) is 1. The molecule has 3 heterocycles. The Balaban J connectivity index is 1.45. The minimum absolute atomic E-state index is 0.0464. The Morgan fingerprint density at radius 3 is 2.60 bits per heavy atom. The van der Waals surface area contributed by atoms with Crippen molar-refractivity contribution in [1.82, 2.24) is 4.90 Å². The van der Waals surface area contributed by atoms with Crippen molar-refractivity contribution in [3.05, 3.63) is 47.5 Å². The lowest BCUT2D eigenvalue weighted by Gasteiger charge is -2.40. The quantitative estimate of drug-likeness (QED) is 0.790. The molecule has 5 heteroatoms. The van der Waals surface area contributed by atoms with E-state index in [-0.39, 0.29) is 36.2 Å². The topological polar surface area (TPSA) is 55.8 Å². The lowest BCUT2D eigenvalue weighted by molar-refractivity contribution is -0.153. The number of carbonyl (C=O) groups is 2. The largest absolute Gasteiger partial charge is 0.453 e. The highest BCUT2D eigenvalue weighted by Gasteiger charge is 2.48. The third-order valence-electron chi connectivity index (χ3n) is 5.50. The molecular weight excluding hydrogens is 318 g/mol. The maximum absolute atomic E-state index is 12.5. The molecule has 0 radical (unpaired) electrons. The first kappa shape index (κ1) is 16.3. The zero-order valence-corrected chi connectivity index (χ0v) is 14.4. The summed E-state index contributed by atoms with van der Waals surface area (Å²) in [6, 6.07) is 10.1. The van der Waals surface area contributed by atoms with E-state index in [2.05, 4.69) is 12.1 Å². The van der Waals surface area contributed by atoms with Gasteiger partial charge < -0.3 is 14.4 Å². The summed E-state index contributed by atoms with van der Waals surface area (Å²) in [6.45, 7) is 2.32. The average molecular weight is 341 g/mol. The van der Waals surface area contributed by atoms with Gasteiger partial charge in [0.15, 0.2) is 0 Å². The summed E-state index contributed by atoms with van der Waals surface area (Å²) in [5.74, 6) is -0.115. The Bertz CT molecular complexity index is 699. The molecule has 1 amide bonds. The van der Waals surface area contributed by atoms with Gasteiger partial charge in [0.1, 0.15) is 6.10 Å². The van der Waals surface area contributed by atoms with Gasteiger partial charge in [-0.25, -0.2) is 4.79 Å². The van der Waals surface area contributed by atoms with Crippen LogP contribution in [0.3, 0.4) is 0 Å². The molecule has 25 heavy (non-hydrogen) atoms. The van der Waals surface area contributed by atoms with Crippen LogP contribution in [0.15, 0.2) is 42.0 Å². The van der Waals surface area contributed by atoms with E-state index in [0.717, 1.165) is 24.8 Å². The fourth-order valence-electron chi connectivity index (χ4n) is 4.24. The highest BCUT2D eigenvalue weighted by molar-refractivity contribution is 5.90.